The molecular formula is C25H27N3OS. The van der Waals surface area contributed by atoms with Crippen molar-refractivity contribution < 1.29 is 4.79 Å². The molecule has 0 aliphatic carbocycles. The highest BCUT2D eigenvalue weighted by Gasteiger charge is 2.29. The minimum Gasteiger partial charge on any atom is -0.366 e. The number of hydrogen-bond acceptors (Lipinski definition) is 4. The van der Waals surface area contributed by atoms with E-state index in [4.69, 9.17) is 0 Å². The lowest BCUT2D eigenvalue weighted by Gasteiger charge is -2.40. The van der Waals surface area contributed by atoms with Crippen LogP contribution >= 0.6 is 11.8 Å². The molecule has 2 aliphatic rings. The number of nitrogens with zero attached hydrogens (tertiary/aromatic N) is 2. The van der Waals surface area contributed by atoms with E-state index in [0.717, 1.165) is 11.3 Å². The molecule has 2 heterocycles. The number of amidine groups is 1. The van der Waals surface area contributed by atoms with Crippen LogP contribution in [0.1, 0.15) is 43.0 Å². The van der Waals surface area contributed by atoms with Crippen molar-refractivity contribution in [3.05, 3.63) is 69.6 Å². The van der Waals surface area contributed by atoms with Crippen molar-refractivity contribution >= 4 is 45.9 Å². The summed E-state index contributed by atoms with van der Waals surface area (Å²) in [4.78, 5) is 20.0. The fourth-order valence-electron chi connectivity index (χ4n) is 3.81. The van der Waals surface area contributed by atoms with E-state index in [9.17, 15) is 4.79 Å². The van der Waals surface area contributed by atoms with Crippen LogP contribution in [0.5, 0.6) is 0 Å². The van der Waals surface area contributed by atoms with Crippen molar-refractivity contribution in [3.63, 3.8) is 0 Å². The molecule has 154 valence electrons. The zero-order valence-corrected chi connectivity index (χ0v) is 19.1. The predicted octanol–water partition coefficient (Wildman–Crippen LogP) is 5.83. The van der Waals surface area contributed by atoms with Crippen LogP contribution in [0.3, 0.4) is 0 Å². The van der Waals surface area contributed by atoms with Gasteiger partial charge in [-0.15, -0.1) is 0 Å². The molecular weight excluding hydrogens is 390 g/mol. The van der Waals surface area contributed by atoms with Gasteiger partial charge in [0.1, 0.15) is 0 Å². The van der Waals surface area contributed by atoms with Crippen LogP contribution in [0.25, 0.3) is 11.6 Å². The molecule has 0 bridgehead atoms. The second kappa shape index (κ2) is 7.47. The highest BCUT2D eigenvalue weighted by atomic mass is 32.2. The summed E-state index contributed by atoms with van der Waals surface area (Å²) in [5, 5.41) is 3.50. The number of benzene rings is 2. The molecule has 1 N–H and O–H groups in total. The molecule has 30 heavy (non-hydrogen) atoms. The van der Waals surface area contributed by atoms with Crippen molar-refractivity contribution in [1.82, 2.24) is 5.32 Å². The number of fused-ring (bicyclic) bond motifs is 1. The van der Waals surface area contributed by atoms with Crippen LogP contribution < -0.4 is 10.2 Å². The first kappa shape index (κ1) is 20.5. The average molecular weight is 418 g/mol. The molecule has 2 aliphatic heterocycles. The van der Waals surface area contributed by atoms with E-state index >= 15 is 0 Å². The second-order valence-corrected chi connectivity index (χ2v) is 9.60. The summed E-state index contributed by atoms with van der Waals surface area (Å²) in [5.74, 6) is -0.106. The van der Waals surface area contributed by atoms with Crippen LogP contribution in [0, 0.1) is 13.8 Å². The summed E-state index contributed by atoms with van der Waals surface area (Å²) in [6, 6.07) is 12.4. The fourth-order valence-corrected chi connectivity index (χ4v) is 4.65. The maximum Gasteiger partial charge on any atom is 0.264 e. The lowest BCUT2D eigenvalue weighted by Crippen LogP contribution is -2.42. The normalized spacial score (nSPS) is 20.4. The van der Waals surface area contributed by atoms with Crippen molar-refractivity contribution in [2.24, 2.45) is 4.99 Å². The monoisotopic (exact) mass is 417 g/mol. The first-order valence-electron chi connectivity index (χ1n) is 10.1. The molecule has 0 radical (unpaired) electrons. The number of allylic oxidation sites excluding steroid dienone is 1. The SMILES string of the molecule is CC1=CC(C)(C)N(C)c2ccc(/C=C3\SC(=Nc4ccc(C)c(C)c4)NC3=O)cc21. The standard InChI is InChI=1S/C25H27N3OS/c1-15-7-9-19(11-16(15)2)26-24-27-23(29)22(30-24)13-18-8-10-21-20(12-18)17(3)14-25(4,5)28(21)6/h7-14H,1-6H3,(H,26,27,29)/b22-13-. The highest BCUT2D eigenvalue weighted by molar-refractivity contribution is 8.18. The van der Waals surface area contributed by atoms with E-state index in [2.05, 4.69) is 81.2 Å². The van der Waals surface area contributed by atoms with Gasteiger partial charge in [0.2, 0.25) is 0 Å². The number of carbonyl (C=O) groups is 1. The number of thioether (sulfide) groups is 1. The number of rotatable bonds is 2. The molecule has 1 saturated heterocycles. The summed E-state index contributed by atoms with van der Waals surface area (Å²) in [6.45, 7) is 10.7. The van der Waals surface area contributed by atoms with Gasteiger partial charge in [-0.3, -0.25) is 4.79 Å². The number of amides is 1. The summed E-state index contributed by atoms with van der Waals surface area (Å²) in [6.07, 6.45) is 4.23. The van der Waals surface area contributed by atoms with Gasteiger partial charge < -0.3 is 10.2 Å². The molecule has 1 amide bonds. The highest BCUT2D eigenvalue weighted by Crippen LogP contribution is 2.39. The Labute approximate surface area is 182 Å². The van der Waals surface area contributed by atoms with Gasteiger partial charge in [0, 0.05) is 18.3 Å². The van der Waals surface area contributed by atoms with E-state index in [1.807, 2.05) is 24.3 Å². The second-order valence-electron chi connectivity index (χ2n) is 8.57. The molecule has 0 saturated carbocycles. The fraction of sp³-hybridized carbons (Fsp3) is 0.280. The van der Waals surface area contributed by atoms with Crippen molar-refractivity contribution in [2.75, 3.05) is 11.9 Å². The molecule has 4 nitrogen and oxygen atoms in total. The first-order valence-corrected chi connectivity index (χ1v) is 10.9. The number of hydrogen-bond donors (Lipinski definition) is 1. The Kier molecular flexibility index (Phi) is 5.10. The Balaban J connectivity index is 1.61. The van der Waals surface area contributed by atoms with Crippen molar-refractivity contribution in [3.8, 4) is 0 Å². The number of carbonyl (C=O) groups excluding carboxylic acids is 1. The Morgan fingerprint density at radius 1 is 1.07 bits per heavy atom. The molecule has 2 aromatic rings. The van der Waals surface area contributed by atoms with Gasteiger partial charge in [0.15, 0.2) is 5.17 Å². The Morgan fingerprint density at radius 2 is 1.83 bits per heavy atom. The zero-order chi connectivity index (χ0) is 21.6. The van der Waals surface area contributed by atoms with Crippen LogP contribution in [-0.4, -0.2) is 23.7 Å². The third-order valence-corrected chi connectivity index (χ3v) is 6.82. The largest absolute Gasteiger partial charge is 0.366 e. The van der Waals surface area contributed by atoms with Crippen LogP contribution in [-0.2, 0) is 4.79 Å². The molecule has 4 rings (SSSR count). The summed E-state index contributed by atoms with van der Waals surface area (Å²) in [7, 11) is 2.12. The molecule has 0 atom stereocenters. The molecule has 0 spiro atoms. The minimum atomic E-state index is -0.106. The summed E-state index contributed by atoms with van der Waals surface area (Å²) in [5.41, 5.74) is 7.94. The van der Waals surface area contributed by atoms with E-state index in [1.165, 1.54) is 39.7 Å². The molecule has 0 unspecified atom stereocenters. The number of anilines is 1. The maximum absolute atomic E-state index is 12.5. The Morgan fingerprint density at radius 3 is 2.57 bits per heavy atom. The maximum atomic E-state index is 12.5. The van der Waals surface area contributed by atoms with E-state index < -0.39 is 0 Å². The summed E-state index contributed by atoms with van der Waals surface area (Å²) < 4.78 is 0. The van der Waals surface area contributed by atoms with E-state index in [0.29, 0.717) is 10.1 Å². The topological polar surface area (TPSA) is 44.7 Å². The van der Waals surface area contributed by atoms with Crippen LogP contribution in [0.4, 0.5) is 11.4 Å². The number of aryl methyl sites for hydroxylation is 2. The van der Waals surface area contributed by atoms with Crippen LogP contribution in [0.2, 0.25) is 0 Å². The van der Waals surface area contributed by atoms with E-state index in [1.54, 1.807) is 0 Å². The lowest BCUT2D eigenvalue weighted by atomic mass is 9.88. The van der Waals surface area contributed by atoms with Gasteiger partial charge in [0.05, 0.1) is 16.1 Å². The predicted molar refractivity (Wildman–Crippen MR) is 129 cm³/mol. The van der Waals surface area contributed by atoms with Crippen molar-refractivity contribution in [2.45, 2.75) is 40.2 Å². The van der Waals surface area contributed by atoms with Gasteiger partial charge >= 0.3 is 0 Å². The van der Waals surface area contributed by atoms with E-state index in [-0.39, 0.29) is 11.4 Å². The third-order valence-electron chi connectivity index (χ3n) is 5.91. The molecule has 2 aromatic carbocycles. The quantitative estimate of drug-likeness (QED) is 0.626. The Bertz CT molecular complexity index is 1140. The summed E-state index contributed by atoms with van der Waals surface area (Å²) >= 11 is 1.38. The lowest BCUT2D eigenvalue weighted by molar-refractivity contribution is -0.115. The van der Waals surface area contributed by atoms with Gasteiger partial charge in [-0.05, 0) is 99.0 Å². The van der Waals surface area contributed by atoms with Gasteiger partial charge in [-0.25, -0.2) is 4.99 Å². The van der Waals surface area contributed by atoms with Gasteiger partial charge in [-0.1, -0.05) is 18.2 Å². The smallest absolute Gasteiger partial charge is 0.264 e. The van der Waals surface area contributed by atoms with Crippen molar-refractivity contribution in [1.29, 1.82) is 0 Å². The zero-order valence-electron chi connectivity index (χ0n) is 18.3. The molecule has 5 heteroatoms. The van der Waals surface area contributed by atoms with Gasteiger partial charge in [-0.2, -0.15) is 0 Å². The van der Waals surface area contributed by atoms with Crippen LogP contribution in [0.15, 0.2) is 52.4 Å². The Hall–Kier alpha value is -2.79. The number of nitrogens with one attached hydrogen (secondary N) is 1. The molecule has 1 fully saturated rings. The van der Waals surface area contributed by atoms with Gasteiger partial charge in [0.25, 0.3) is 5.91 Å². The number of likely N-dealkylation sites (N-methyl/N-ethyl adjacent to an activating group) is 1. The number of aliphatic imine (C=N–C) groups is 1. The average Bonchev–Trinajstić information content (AvgIpc) is 3.01. The minimum absolute atomic E-state index is 0.0159. The third kappa shape index (κ3) is 3.82. The molecule has 0 aromatic heterocycles. The first-order chi connectivity index (χ1) is 14.1.